The maximum Gasteiger partial charge on any atom is 0.306 e. The Hall–Kier alpha value is -1.95. The average molecular weight is 360 g/mol. The Morgan fingerprint density at radius 3 is 2.76 bits per heavy atom. The van der Waals surface area contributed by atoms with Gasteiger partial charge in [-0.25, -0.2) is 4.98 Å². The third-order valence-electron chi connectivity index (χ3n) is 4.94. The van der Waals surface area contributed by atoms with Crippen LogP contribution in [0.25, 0.3) is 10.2 Å². The Bertz CT molecular complexity index is 725. The quantitative estimate of drug-likeness (QED) is 0.803. The van der Waals surface area contributed by atoms with Crippen LogP contribution in [0.4, 0.5) is 5.13 Å². The second-order valence-electron chi connectivity index (χ2n) is 6.91. The van der Waals surface area contributed by atoms with Crippen molar-refractivity contribution in [2.24, 2.45) is 11.8 Å². The topological polar surface area (TPSA) is 68.3 Å². The lowest BCUT2D eigenvalue weighted by atomic mass is 9.80. The molecule has 0 aliphatic heterocycles. The van der Waals surface area contributed by atoms with E-state index in [1.807, 2.05) is 24.3 Å². The number of benzene rings is 1. The predicted octanol–water partition coefficient (Wildman–Crippen LogP) is 4.38. The number of thiazole rings is 1. The van der Waals surface area contributed by atoms with E-state index in [4.69, 9.17) is 4.74 Å². The monoisotopic (exact) mass is 360 g/mol. The molecule has 1 amide bonds. The molecule has 2 aromatic rings. The molecule has 1 aliphatic rings. The first-order chi connectivity index (χ1) is 12.0. The van der Waals surface area contributed by atoms with Crippen molar-refractivity contribution in [3.63, 3.8) is 0 Å². The van der Waals surface area contributed by atoms with Crippen molar-refractivity contribution in [3.8, 4) is 0 Å². The number of para-hydroxylation sites is 1. The Morgan fingerprint density at radius 1 is 1.20 bits per heavy atom. The maximum atomic E-state index is 12.0. The minimum atomic E-state index is -0.286. The Labute approximate surface area is 151 Å². The van der Waals surface area contributed by atoms with Crippen LogP contribution in [0.5, 0.6) is 0 Å². The first kappa shape index (κ1) is 17.9. The zero-order valence-corrected chi connectivity index (χ0v) is 15.5. The van der Waals surface area contributed by atoms with E-state index in [9.17, 15) is 9.59 Å². The highest BCUT2D eigenvalue weighted by molar-refractivity contribution is 7.22. The summed E-state index contributed by atoms with van der Waals surface area (Å²) in [5.41, 5.74) is 0.864. The smallest absolute Gasteiger partial charge is 0.306 e. The van der Waals surface area contributed by atoms with E-state index >= 15 is 0 Å². The van der Waals surface area contributed by atoms with Crippen molar-refractivity contribution in [3.05, 3.63) is 24.3 Å². The van der Waals surface area contributed by atoms with Gasteiger partial charge in [0.2, 0.25) is 5.91 Å². The highest BCUT2D eigenvalue weighted by Gasteiger charge is 2.27. The molecule has 1 aromatic heterocycles. The standard InChI is InChI=1S/C19H24N2O3S/c1-12-7-8-14(11-13(12)2)24-18(23)10-9-17(22)21-19-20-15-5-3-4-6-16(15)25-19/h3-6,12-14H,7-11H2,1-2H3,(H,20,21,22)/t12-,13-,14+/m1/s1. The van der Waals surface area contributed by atoms with Crippen molar-refractivity contribution < 1.29 is 14.3 Å². The minimum Gasteiger partial charge on any atom is -0.462 e. The van der Waals surface area contributed by atoms with Gasteiger partial charge in [0.05, 0.1) is 16.6 Å². The van der Waals surface area contributed by atoms with E-state index in [1.54, 1.807) is 0 Å². The summed E-state index contributed by atoms with van der Waals surface area (Å²) in [5.74, 6) is 0.774. The molecule has 0 bridgehead atoms. The van der Waals surface area contributed by atoms with Gasteiger partial charge in [-0.05, 0) is 43.2 Å². The normalized spacial score (nSPS) is 23.4. The molecule has 1 heterocycles. The number of hydrogen-bond donors (Lipinski definition) is 1. The number of hydrogen-bond acceptors (Lipinski definition) is 5. The molecule has 1 saturated carbocycles. The Morgan fingerprint density at radius 2 is 2.00 bits per heavy atom. The van der Waals surface area contributed by atoms with Gasteiger partial charge in [-0.2, -0.15) is 0 Å². The number of ether oxygens (including phenoxy) is 1. The zero-order chi connectivity index (χ0) is 17.8. The van der Waals surface area contributed by atoms with E-state index in [1.165, 1.54) is 11.3 Å². The number of carbonyl (C=O) groups excluding carboxylic acids is 2. The van der Waals surface area contributed by atoms with E-state index in [2.05, 4.69) is 24.1 Å². The highest BCUT2D eigenvalue weighted by Crippen LogP contribution is 2.31. The molecule has 3 rings (SSSR count). The van der Waals surface area contributed by atoms with Gasteiger partial charge in [0, 0.05) is 6.42 Å². The molecule has 134 valence electrons. The molecule has 0 spiro atoms. The summed E-state index contributed by atoms with van der Waals surface area (Å²) in [4.78, 5) is 28.4. The van der Waals surface area contributed by atoms with E-state index in [0.717, 1.165) is 29.5 Å². The Kier molecular flexibility index (Phi) is 5.68. The third-order valence-corrected chi connectivity index (χ3v) is 5.90. The average Bonchev–Trinajstić information content (AvgIpc) is 2.98. The lowest BCUT2D eigenvalue weighted by Crippen LogP contribution is -2.29. The van der Waals surface area contributed by atoms with Gasteiger partial charge in [0.15, 0.2) is 5.13 Å². The van der Waals surface area contributed by atoms with Gasteiger partial charge in [-0.1, -0.05) is 37.3 Å². The van der Waals surface area contributed by atoms with Crippen LogP contribution in [0.3, 0.4) is 0 Å². The minimum absolute atomic E-state index is 0.00558. The van der Waals surface area contributed by atoms with Crippen LogP contribution in [0.2, 0.25) is 0 Å². The predicted molar refractivity (Wildman–Crippen MR) is 99.5 cm³/mol. The van der Waals surface area contributed by atoms with Gasteiger partial charge < -0.3 is 10.1 Å². The molecular weight excluding hydrogens is 336 g/mol. The molecule has 1 N–H and O–H groups in total. The largest absolute Gasteiger partial charge is 0.462 e. The summed E-state index contributed by atoms with van der Waals surface area (Å²) >= 11 is 1.43. The first-order valence-corrected chi connectivity index (χ1v) is 9.68. The molecular formula is C19H24N2O3S. The maximum absolute atomic E-state index is 12.0. The highest BCUT2D eigenvalue weighted by atomic mass is 32.1. The number of amides is 1. The van der Waals surface area contributed by atoms with E-state index in [0.29, 0.717) is 17.0 Å². The number of esters is 1. The summed E-state index contributed by atoms with van der Waals surface area (Å²) in [6, 6.07) is 7.72. The molecule has 1 fully saturated rings. The van der Waals surface area contributed by atoms with Crippen LogP contribution in [-0.4, -0.2) is 23.0 Å². The van der Waals surface area contributed by atoms with Crippen LogP contribution in [0.15, 0.2) is 24.3 Å². The fourth-order valence-corrected chi connectivity index (χ4v) is 4.06. The lowest BCUT2D eigenvalue weighted by molar-refractivity contribution is -0.152. The summed E-state index contributed by atoms with van der Waals surface area (Å²) in [6.07, 6.45) is 3.17. The number of rotatable bonds is 5. The fraction of sp³-hybridized carbons (Fsp3) is 0.526. The van der Waals surface area contributed by atoms with Gasteiger partial charge in [0.25, 0.3) is 0 Å². The van der Waals surface area contributed by atoms with E-state index < -0.39 is 0 Å². The molecule has 1 aliphatic carbocycles. The number of fused-ring (bicyclic) bond motifs is 1. The number of aromatic nitrogens is 1. The SMILES string of the molecule is C[C@@H]1CC[C@H](OC(=O)CCC(=O)Nc2nc3ccccc3s2)C[C@H]1C. The summed E-state index contributed by atoms with van der Waals surface area (Å²) < 4.78 is 6.55. The van der Waals surface area contributed by atoms with Crippen LogP contribution in [-0.2, 0) is 14.3 Å². The van der Waals surface area contributed by atoms with Crippen molar-refractivity contribution in [1.82, 2.24) is 4.98 Å². The van der Waals surface area contributed by atoms with Crippen LogP contribution in [0, 0.1) is 11.8 Å². The van der Waals surface area contributed by atoms with Gasteiger partial charge in [0.1, 0.15) is 6.10 Å². The second kappa shape index (κ2) is 7.95. The summed E-state index contributed by atoms with van der Waals surface area (Å²) in [7, 11) is 0. The third kappa shape index (κ3) is 4.78. The first-order valence-electron chi connectivity index (χ1n) is 8.86. The molecule has 3 atom stereocenters. The van der Waals surface area contributed by atoms with Crippen LogP contribution >= 0.6 is 11.3 Å². The van der Waals surface area contributed by atoms with Gasteiger partial charge >= 0.3 is 5.97 Å². The molecule has 1 aromatic carbocycles. The molecule has 6 heteroatoms. The summed E-state index contributed by atoms with van der Waals surface area (Å²) in [5, 5.41) is 3.33. The molecule has 0 radical (unpaired) electrons. The second-order valence-corrected chi connectivity index (χ2v) is 7.95. The molecule has 5 nitrogen and oxygen atoms in total. The number of anilines is 1. The van der Waals surface area contributed by atoms with Crippen LogP contribution < -0.4 is 5.32 Å². The number of nitrogens with one attached hydrogen (secondary N) is 1. The number of carbonyl (C=O) groups is 2. The summed E-state index contributed by atoms with van der Waals surface area (Å²) in [6.45, 7) is 4.45. The Balaban J connectivity index is 1.43. The molecule has 25 heavy (non-hydrogen) atoms. The molecule has 0 unspecified atom stereocenters. The van der Waals surface area contributed by atoms with Crippen LogP contribution in [0.1, 0.15) is 46.0 Å². The lowest BCUT2D eigenvalue weighted by Gasteiger charge is -2.31. The zero-order valence-electron chi connectivity index (χ0n) is 14.7. The van der Waals surface area contributed by atoms with Crippen molar-refractivity contribution in [2.45, 2.75) is 52.1 Å². The molecule has 0 saturated heterocycles. The van der Waals surface area contributed by atoms with Gasteiger partial charge in [-0.3, -0.25) is 9.59 Å². The fourth-order valence-electron chi connectivity index (χ4n) is 3.17. The van der Waals surface area contributed by atoms with E-state index in [-0.39, 0.29) is 30.8 Å². The van der Waals surface area contributed by atoms with Crippen molar-refractivity contribution in [2.75, 3.05) is 5.32 Å². The van der Waals surface area contributed by atoms with Crippen molar-refractivity contribution >= 4 is 38.6 Å². The van der Waals surface area contributed by atoms with Crippen molar-refractivity contribution in [1.29, 1.82) is 0 Å². The number of nitrogens with zero attached hydrogens (tertiary/aromatic N) is 1. The van der Waals surface area contributed by atoms with Gasteiger partial charge in [-0.15, -0.1) is 0 Å².